The van der Waals surface area contributed by atoms with Crippen molar-refractivity contribution in [1.82, 2.24) is 4.98 Å². The first-order chi connectivity index (χ1) is 5.40. The SMILES string of the molecule is [NH3+]Cc1cc2cnccc2s1. The highest BCUT2D eigenvalue weighted by Crippen LogP contribution is 2.23. The van der Waals surface area contributed by atoms with Gasteiger partial charge in [-0.2, -0.15) is 0 Å². The molecule has 3 heteroatoms. The minimum Gasteiger partial charge on any atom is -0.353 e. The van der Waals surface area contributed by atoms with Crippen LogP contribution in [0.5, 0.6) is 0 Å². The number of hydrogen-bond acceptors (Lipinski definition) is 2. The van der Waals surface area contributed by atoms with Crippen LogP contribution >= 0.6 is 11.3 Å². The molecule has 0 saturated carbocycles. The fourth-order valence-electron chi connectivity index (χ4n) is 1.06. The van der Waals surface area contributed by atoms with Gasteiger partial charge >= 0.3 is 0 Å². The highest BCUT2D eigenvalue weighted by Gasteiger charge is 1.99. The Morgan fingerprint density at radius 1 is 1.55 bits per heavy atom. The lowest BCUT2D eigenvalue weighted by molar-refractivity contribution is -0.385. The molecule has 0 aliphatic carbocycles. The molecule has 0 unspecified atom stereocenters. The summed E-state index contributed by atoms with van der Waals surface area (Å²) in [6.45, 7) is 0.874. The molecule has 0 aromatic carbocycles. The summed E-state index contributed by atoms with van der Waals surface area (Å²) in [7, 11) is 0. The quantitative estimate of drug-likeness (QED) is 0.674. The number of thiophene rings is 1. The molecule has 2 heterocycles. The number of nitrogens with zero attached hydrogens (tertiary/aromatic N) is 1. The summed E-state index contributed by atoms with van der Waals surface area (Å²) in [5.41, 5.74) is 3.84. The molecule has 0 atom stereocenters. The summed E-state index contributed by atoms with van der Waals surface area (Å²) in [6.07, 6.45) is 3.72. The van der Waals surface area contributed by atoms with E-state index in [1.807, 2.05) is 18.5 Å². The van der Waals surface area contributed by atoms with Gasteiger partial charge in [0.05, 0.1) is 4.88 Å². The molecule has 0 bridgehead atoms. The third-order valence-electron chi connectivity index (χ3n) is 1.61. The number of quaternary nitrogens is 1. The Morgan fingerprint density at radius 2 is 2.45 bits per heavy atom. The van der Waals surface area contributed by atoms with Crippen molar-refractivity contribution in [3.05, 3.63) is 29.4 Å². The van der Waals surface area contributed by atoms with Crippen molar-refractivity contribution in [3.63, 3.8) is 0 Å². The molecule has 0 radical (unpaired) electrons. The summed E-state index contributed by atoms with van der Waals surface area (Å²) in [4.78, 5) is 5.37. The van der Waals surface area contributed by atoms with E-state index in [1.165, 1.54) is 15.0 Å². The van der Waals surface area contributed by atoms with Crippen LogP contribution in [-0.2, 0) is 6.54 Å². The molecular formula is C8H9N2S+. The first-order valence-corrected chi connectivity index (χ1v) is 4.33. The third-order valence-corrected chi connectivity index (χ3v) is 2.79. The van der Waals surface area contributed by atoms with Gasteiger partial charge in [0.25, 0.3) is 0 Å². The normalized spacial score (nSPS) is 10.6. The van der Waals surface area contributed by atoms with Gasteiger partial charge in [-0.3, -0.25) is 4.98 Å². The maximum atomic E-state index is 4.05. The van der Waals surface area contributed by atoms with Gasteiger partial charge in [-0.05, 0) is 12.1 Å². The van der Waals surface area contributed by atoms with E-state index in [2.05, 4.69) is 16.8 Å². The van der Waals surface area contributed by atoms with Crippen molar-refractivity contribution in [3.8, 4) is 0 Å². The fourth-order valence-corrected chi connectivity index (χ4v) is 1.99. The zero-order valence-corrected chi connectivity index (χ0v) is 6.90. The van der Waals surface area contributed by atoms with Crippen LogP contribution in [0.4, 0.5) is 0 Å². The Kier molecular flexibility index (Phi) is 1.60. The van der Waals surface area contributed by atoms with Crippen LogP contribution in [0.2, 0.25) is 0 Å². The number of pyridine rings is 1. The molecule has 0 amide bonds. The Morgan fingerprint density at radius 3 is 3.18 bits per heavy atom. The molecule has 11 heavy (non-hydrogen) atoms. The Labute approximate surface area is 68.7 Å². The van der Waals surface area contributed by atoms with Gasteiger partial charge in [0.15, 0.2) is 0 Å². The van der Waals surface area contributed by atoms with E-state index in [9.17, 15) is 0 Å². The molecule has 0 aliphatic rings. The first-order valence-electron chi connectivity index (χ1n) is 3.52. The average molecular weight is 165 g/mol. The Balaban J connectivity index is 2.69. The average Bonchev–Trinajstić information content (AvgIpc) is 2.46. The molecule has 2 rings (SSSR count). The molecule has 0 spiro atoms. The molecular weight excluding hydrogens is 156 g/mol. The summed E-state index contributed by atoms with van der Waals surface area (Å²) < 4.78 is 1.30. The number of rotatable bonds is 1. The second-order valence-electron chi connectivity index (χ2n) is 2.38. The van der Waals surface area contributed by atoms with Crippen LogP contribution in [0.15, 0.2) is 24.5 Å². The summed E-state index contributed by atoms with van der Waals surface area (Å²) in [5, 5.41) is 1.23. The van der Waals surface area contributed by atoms with Crippen molar-refractivity contribution >= 4 is 21.4 Å². The van der Waals surface area contributed by atoms with Crippen LogP contribution in [0.25, 0.3) is 10.1 Å². The van der Waals surface area contributed by atoms with E-state index >= 15 is 0 Å². The number of hydrogen-bond donors (Lipinski definition) is 1. The third kappa shape index (κ3) is 1.13. The van der Waals surface area contributed by atoms with Gasteiger partial charge in [0.2, 0.25) is 0 Å². The minimum absolute atomic E-state index is 0.874. The Bertz CT molecular complexity index is 334. The van der Waals surface area contributed by atoms with Gasteiger partial charge < -0.3 is 5.73 Å². The van der Waals surface area contributed by atoms with Crippen molar-refractivity contribution in [1.29, 1.82) is 0 Å². The van der Waals surface area contributed by atoms with Crippen LogP contribution in [0.1, 0.15) is 4.88 Å². The standard InChI is InChI=1S/C8H8N2S/c9-4-7-3-6-5-10-2-1-8(6)11-7/h1-3,5H,4,9H2/p+1. The first kappa shape index (κ1) is 6.76. The predicted molar refractivity (Wildman–Crippen MR) is 46.2 cm³/mol. The van der Waals surface area contributed by atoms with E-state index in [0.717, 1.165) is 6.54 Å². The molecule has 2 aromatic heterocycles. The largest absolute Gasteiger partial charge is 0.353 e. The molecule has 56 valence electrons. The van der Waals surface area contributed by atoms with Crippen LogP contribution in [0, 0.1) is 0 Å². The van der Waals surface area contributed by atoms with E-state index in [1.54, 1.807) is 11.3 Å². The zero-order chi connectivity index (χ0) is 7.68. The topological polar surface area (TPSA) is 40.5 Å². The summed E-state index contributed by atoms with van der Waals surface area (Å²) >= 11 is 1.79. The van der Waals surface area contributed by atoms with Gasteiger partial charge in [-0.1, -0.05) is 0 Å². The fraction of sp³-hybridized carbons (Fsp3) is 0.125. The lowest BCUT2D eigenvalue weighted by Gasteiger charge is -1.81. The summed E-state index contributed by atoms with van der Waals surface area (Å²) in [5.74, 6) is 0. The second kappa shape index (κ2) is 2.60. The lowest BCUT2D eigenvalue weighted by Crippen LogP contribution is -2.47. The van der Waals surface area contributed by atoms with Crippen LogP contribution < -0.4 is 5.73 Å². The van der Waals surface area contributed by atoms with Crippen molar-refractivity contribution < 1.29 is 5.73 Å². The zero-order valence-electron chi connectivity index (χ0n) is 6.08. The molecule has 0 aliphatic heterocycles. The lowest BCUT2D eigenvalue weighted by atomic mass is 10.3. The van der Waals surface area contributed by atoms with E-state index < -0.39 is 0 Å². The minimum atomic E-state index is 0.874. The van der Waals surface area contributed by atoms with E-state index in [-0.39, 0.29) is 0 Å². The number of aromatic nitrogens is 1. The maximum absolute atomic E-state index is 4.05. The monoisotopic (exact) mass is 165 g/mol. The van der Waals surface area contributed by atoms with Gasteiger partial charge in [-0.15, -0.1) is 11.3 Å². The van der Waals surface area contributed by atoms with Crippen molar-refractivity contribution in [2.24, 2.45) is 0 Å². The number of fused-ring (bicyclic) bond motifs is 1. The van der Waals surface area contributed by atoms with Gasteiger partial charge in [-0.25, -0.2) is 0 Å². The highest BCUT2D eigenvalue weighted by molar-refractivity contribution is 7.19. The molecule has 3 N–H and O–H groups in total. The summed E-state index contributed by atoms with van der Waals surface area (Å²) in [6, 6.07) is 4.19. The van der Waals surface area contributed by atoms with Gasteiger partial charge in [0, 0.05) is 22.5 Å². The molecule has 2 nitrogen and oxygen atoms in total. The van der Waals surface area contributed by atoms with Crippen molar-refractivity contribution in [2.45, 2.75) is 6.54 Å². The molecule has 0 saturated heterocycles. The maximum Gasteiger partial charge on any atom is 0.109 e. The molecule has 0 fully saturated rings. The van der Waals surface area contributed by atoms with Gasteiger partial charge in [0.1, 0.15) is 6.54 Å². The second-order valence-corrected chi connectivity index (χ2v) is 3.54. The van der Waals surface area contributed by atoms with Crippen molar-refractivity contribution in [2.75, 3.05) is 0 Å². The van der Waals surface area contributed by atoms with Crippen LogP contribution in [-0.4, -0.2) is 4.98 Å². The Hall–Kier alpha value is -0.930. The molecule has 2 aromatic rings. The highest BCUT2D eigenvalue weighted by atomic mass is 32.1. The van der Waals surface area contributed by atoms with E-state index in [0.29, 0.717) is 0 Å². The van der Waals surface area contributed by atoms with Crippen LogP contribution in [0.3, 0.4) is 0 Å². The van der Waals surface area contributed by atoms with E-state index in [4.69, 9.17) is 0 Å². The predicted octanol–water partition coefficient (Wildman–Crippen LogP) is 1.04. The smallest absolute Gasteiger partial charge is 0.109 e.